The monoisotopic (exact) mass is 325 g/mol. The molecule has 0 spiro atoms. The number of oxazole rings is 1. The number of nitriles is 1. The van der Waals surface area contributed by atoms with Crippen molar-refractivity contribution in [3.05, 3.63) is 59.1 Å². The minimum atomic E-state index is 0.188. The Morgan fingerprint density at radius 3 is 2.91 bits per heavy atom. The summed E-state index contributed by atoms with van der Waals surface area (Å²) in [7, 11) is 0. The first-order chi connectivity index (χ1) is 11.1. The van der Waals surface area contributed by atoms with Crippen LogP contribution in [0.2, 0.25) is 5.02 Å². The molecule has 0 bridgehead atoms. The quantitative estimate of drug-likeness (QED) is 0.548. The molecule has 0 saturated heterocycles. The van der Waals surface area contributed by atoms with E-state index in [1.54, 1.807) is 36.4 Å². The molecule has 0 atom stereocenters. The van der Waals surface area contributed by atoms with Crippen molar-refractivity contribution in [2.45, 2.75) is 6.92 Å². The minimum absolute atomic E-state index is 0.188. The first-order valence-electron chi connectivity index (χ1n) is 6.80. The van der Waals surface area contributed by atoms with Gasteiger partial charge in [-0.25, -0.2) is 4.98 Å². The Morgan fingerprint density at radius 1 is 1.35 bits per heavy atom. The van der Waals surface area contributed by atoms with Gasteiger partial charge < -0.3 is 14.8 Å². The summed E-state index contributed by atoms with van der Waals surface area (Å²) in [6, 6.07) is 12.1. The number of aromatic nitrogens is 1. The third kappa shape index (κ3) is 3.12. The van der Waals surface area contributed by atoms with Gasteiger partial charge in [0.2, 0.25) is 5.89 Å². The molecule has 0 aliphatic heterocycles. The Morgan fingerprint density at radius 2 is 2.17 bits per heavy atom. The van der Waals surface area contributed by atoms with Crippen LogP contribution in [0, 0.1) is 18.3 Å². The van der Waals surface area contributed by atoms with Crippen LogP contribution in [0.25, 0.3) is 16.7 Å². The number of phenolic OH excluding ortho intramolecular Hbond substituents is 1. The van der Waals surface area contributed by atoms with E-state index in [1.807, 2.05) is 6.92 Å². The third-order valence-electron chi connectivity index (χ3n) is 3.28. The summed E-state index contributed by atoms with van der Waals surface area (Å²) in [5.41, 5.74) is 3.03. The Labute approximate surface area is 137 Å². The van der Waals surface area contributed by atoms with Crippen LogP contribution < -0.4 is 5.32 Å². The predicted molar refractivity (Wildman–Crippen MR) is 89.1 cm³/mol. The van der Waals surface area contributed by atoms with Gasteiger partial charge in [-0.1, -0.05) is 11.6 Å². The normalized spacial score (nSPS) is 11.4. The highest BCUT2D eigenvalue weighted by Crippen LogP contribution is 2.25. The molecule has 0 unspecified atom stereocenters. The second-order valence-electron chi connectivity index (χ2n) is 4.94. The van der Waals surface area contributed by atoms with E-state index in [-0.39, 0.29) is 17.2 Å². The first-order valence-corrected chi connectivity index (χ1v) is 7.17. The summed E-state index contributed by atoms with van der Waals surface area (Å²) in [4.78, 5) is 4.27. The lowest BCUT2D eigenvalue weighted by Crippen LogP contribution is -1.93. The average Bonchev–Trinajstić information content (AvgIpc) is 2.92. The summed E-state index contributed by atoms with van der Waals surface area (Å²) in [6.07, 6.45) is 1.52. The van der Waals surface area contributed by atoms with Gasteiger partial charge in [0.25, 0.3) is 0 Å². The van der Waals surface area contributed by atoms with Crippen LogP contribution >= 0.6 is 11.6 Å². The van der Waals surface area contributed by atoms with Crippen molar-refractivity contribution >= 4 is 34.0 Å². The molecular weight excluding hydrogens is 314 g/mol. The number of benzene rings is 2. The maximum atomic E-state index is 9.41. The summed E-state index contributed by atoms with van der Waals surface area (Å²) < 4.78 is 5.57. The van der Waals surface area contributed by atoms with Crippen molar-refractivity contribution in [2.75, 3.05) is 5.32 Å². The number of allylic oxidation sites excluding steroid dienone is 1. The lowest BCUT2D eigenvalue weighted by atomic mass is 10.2. The fourth-order valence-electron chi connectivity index (χ4n) is 2.12. The largest absolute Gasteiger partial charge is 0.508 e. The highest BCUT2D eigenvalue weighted by Gasteiger charge is 2.11. The Balaban J connectivity index is 1.93. The first kappa shape index (κ1) is 14.9. The zero-order chi connectivity index (χ0) is 16.4. The zero-order valence-electron chi connectivity index (χ0n) is 12.2. The van der Waals surface area contributed by atoms with Crippen molar-refractivity contribution < 1.29 is 9.52 Å². The molecule has 0 saturated carbocycles. The number of phenols is 1. The van der Waals surface area contributed by atoms with E-state index in [1.165, 1.54) is 6.20 Å². The van der Waals surface area contributed by atoms with Crippen LogP contribution in [0.3, 0.4) is 0 Å². The van der Waals surface area contributed by atoms with Crippen molar-refractivity contribution in [2.24, 2.45) is 0 Å². The summed E-state index contributed by atoms with van der Waals surface area (Å²) in [5.74, 6) is 0.405. The fraction of sp³-hybridized carbons (Fsp3) is 0.0588. The molecule has 3 rings (SSSR count). The number of anilines is 1. The molecule has 114 valence electrons. The SMILES string of the molecule is Cc1cc(O)ccc1N/C=C(/C#N)c1nc2cc(Cl)ccc2o1. The summed E-state index contributed by atoms with van der Waals surface area (Å²) in [5, 5.41) is 22.3. The van der Waals surface area contributed by atoms with Gasteiger partial charge in [0.05, 0.1) is 0 Å². The number of aryl methyl sites for hydroxylation is 1. The van der Waals surface area contributed by atoms with E-state index in [9.17, 15) is 10.4 Å². The molecular formula is C17H12ClN3O2. The smallest absolute Gasteiger partial charge is 0.239 e. The zero-order valence-corrected chi connectivity index (χ0v) is 12.9. The lowest BCUT2D eigenvalue weighted by molar-refractivity contribution is 0.475. The number of halogens is 1. The Kier molecular flexibility index (Phi) is 3.92. The van der Waals surface area contributed by atoms with Gasteiger partial charge in [0.1, 0.15) is 22.9 Å². The summed E-state index contributed by atoms with van der Waals surface area (Å²) >= 11 is 5.92. The maximum Gasteiger partial charge on any atom is 0.239 e. The van der Waals surface area contributed by atoms with E-state index in [0.717, 1.165) is 11.3 Å². The molecule has 6 heteroatoms. The molecule has 2 N–H and O–H groups in total. The molecule has 1 heterocycles. The number of aromatic hydroxyl groups is 1. The van der Waals surface area contributed by atoms with Crippen LogP contribution in [0.15, 0.2) is 47.0 Å². The third-order valence-corrected chi connectivity index (χ3v) is 3.52. The fourth-order valence-corrected chi connectivity index (χ4v) is 2.28. The molecule has 5 nitrogen and oxygen atoms in total. The Bertz CT molecular complexity index is 954. The number of rotatable bonds is 3. The van der Waals surface area contributed by atoms with Crippen molar-refractivity contribution in [3.8, 4) is 11.8 Å². The number of nitrogens with one attached hydrogen (secondary N) is 1. The second kappa shape index (κ2) is 6.03. The molecule has 23 heavy (non-hydrogen) atoms. The molecule has 0 amide bonds. The van der Waals surface area contributed by atoms with E-state index in [2.05, 4.69) is 16.4 Å². The molecule has 1 aromatic heterocycles. The van der Waals surface area contributed by atoms with E-state index in [0.29, 0.717) is 16.1 Å². The number of fused-ring (bicyclic) bond motifs is 1. The molecule has 2 aromatic carbocycles. The second-order valence-corrected chi connectivity index (χ2v) is 5.38. The van der Waals surface area contributed by atoms with Crippen LogP contribution in [0.4, 0.5) is 5.69 Å². The minimum Gasteiger partial charge on any atom is -0.508 e. The van der Waals surface area contributed by atoms with Crippen molar-refractivity contribution in [1.82, 2.24) is 4.98 Å². The standard InChI is InChI=1S/C17H12ClN3O2/c1-10-6-13(22)3-4-14(10)20-9-11(8-19)17-21-15-7-12(18)2-5-16(15)23-17/h2-7,9,20,22H,1H3/b11-9-. The number of nitrogens with zero attached hydrogens (tertiary/aromatic N) is 2. The maximum absolute atomic E-state index is 9.41. The average molecular weight is 326 g/mol. The van der Waals surface area contributed by atoms with Crippen molar-refractivity contribution in [1.29, 1.82) is 5.26 Å². The van der Waals surface area contributed by atoms with Crippen LogP contribution in [-0.2, 0) is 0 Å². The summed E-state index contributed by atoms with van der Waals surface area (Å²) in [6.45, 7) is 1.85. The van der Waals surface area contributed by atoms with Gasteiger partial charge in [0, 0.05) is 16.9 Å². The van der Waals surface area contributed by atoms with E-state index >= 15 is 0 Å². The van der Waals surface area contributed by atoms with E-state index in [4.69, 9.17) is 16.0 Å². The van der Waals surface area contributed by atoms with Crippen LogP contribution in [0.5, 0.6) is 5.75 Å². The van der Waals surface area contributed by atoms with Crippen LogP contribution in [-0.4, -0.2) is 10.1 Å². The molecule has 0 aliphatic rings. The van der Waals surface area contributed by atoms with Gasteiger partial charge in [-0.3, -0.25) is 0 Å². The van der Waals surface area contributed by atoms with Gasteiger partial charge >= 0.3 is 0 Å². The Hall–Kier alpha value is -2.97. The predicted octanol–water partition coefficient (Wildman–Crippen LogP) is 4.47. The van der Waals surface area contributed by atoms with Gasteiger partial charge in [0.15, 0.2) is 5.58 Å². The van der Waals surface area contributed by atoms with E-state index < -0.39 is 0 Å². The molecule has 3 aromatic rings. The highest BCUT2D eigenvalue weighted by molar-refractivity contribution is 6.31. The highest BCUT2D eigenvalue weighted by atomic mass is 35.5. The molecule has 0 aliphatic carbocycles. The van der Waals surface area contributed by atoms with Gasteiger partial charge in [-0.2, -0.15) is 5.26 Å². The van der Waals surface area contributed by atoms with Crippen LogP contribution in [0.1, 0.15) is 11.5 Å². The lowest BCUT2D eigenvalue weighted by Gasteiger charge is -2.05. The molecule has 0 radical (unpaired) electrons. The number of hydrogen-bond acceptors (Lipinski definition) is 5. The molecule has 0 fully saturated rings. The van der Waals surface area contributed by atoms with Crippen molar-refractivity contribution in [3.63, 3.8) is 0 Å². The van der Waals surface area contributed by atoms with Gasteiger partial charge in [-0.15, -0.1) is 0 Å². The topological polar surface area (TPSA) is 82.1 Å². The number of hydrogen-bond donors (Lipinski definition) is 2. The van der Waals surface area contributed by atoms with Gasteiger partial charge in [-0.05, 0) is 48.9 Å².